The summed E-state index contributed by atoms with van der Waals surface area (Å²) in [6.07, 6.45) is -0.0734. The number of alkyl halides is 2. The summed E-state index contributed by atoms with van der Waals surface area (Å²) in [5, 5.41) is -5.06. The second-order valence-corrected chi connectivity index (χ2v) is 6.67. The first-order chi connectivity index (χ1) is 9.55. The Kier molecular flexibility index (Phi) is 3.96. The van der Waals surface area contributed by atoms with Crippen molar-refractivity contribution in [2.75, 3.05) is 0 Å². The molecule has 1 heterocycles. The van der Waals surface area contributed by atoms with Gasteiger partial charge in [-0.2, -0.15) is 17.2 Å². The van der Waals surface area contributed by atoms with Crippen LogP contribution in [-0.4, -0.2) is 42.4 Å². The van der Waals surface area contributed by atoms with E-state index in [0.29, 0.717) is 12.8 Å². The molecule has 0 aromatic rings. The van der Waals surface area contributed by atoms with Crippen LogP contribution in [0.3, 0.4) is 0 Å². The zero-order chi connectivity index (χ0) is 16.0. The maximum atomic E-state index is 13.1. The second kappa shape index (κ2) is 5.16. The molecule has 4 unspecified atom stereocenters. The highest BCUT2D eigenvalue weighted by molar-refractivity contribution is 7.87. The van der Waals surface area contributed by atoms with Gasteiger partial charge in [0.25, 0.3) is 0 Å². The van der Waals surface area contributed by atoms with E-state index in [2.05, 4.69) is 4.74 Å². The van der Waals surface area contributed by atoms with Crippen molar-refractivity contribution in [2.45, 2.75) is 43.6 Å². The number of hydrogen-bond acceptors (Lipinski definition) is 6. The standard InChI is InChI=1S/C11H14F2O7S/c1-5(19-10(15)11(12,13)21(16,17)18)8-6-3-2-4-7(6)9(14)20-8/h5-8H,2-4H2,1H3,(H,16,17,18). The third kappa shape index (κ3) is 2.73. The van der Waals surface area contributed by atoms with Crippen molar-refractivity contribution in [1.82, 2.24) is 0 Å². The number of carbonyl (C=O) groups excluding carboxylic acids is 2. The monoisotopic (exact) mass is 328 g/mol. The quantitative estimate of drug-likeness (QED) is 0.599. The molecular weight excluding hydrogens is 314 g/mol. The Morgan fingerprint density at radius 1 is 1.48 bits per heavy atom. The Bertz CT molecular complexity index is 559. The summed E-state index contributed by atoms with van der Waals surface area (Å²) in [4.78, 5) is 22.8. The fourth-order valence-electron chi connectivity index (χ4n) is 2.84. The molecule has 1 saturated carbocycles. The lowest BCUT2D eigenvalue weighted by Crippen LogP contribution is -2.43. The molecule has 0 aromatic heterocycles. The minimum absolute atomic E-state index is 0.236. The first-order valence-electron chi connectivity index (χ1n) is 6.32. The van der Waals surface area contributed by atoms with Gasteiger partial charge in [0.1, 0.15) is 12.2 Å². The maximum Gasteiger partial charge on any atom is 0.465 e. The predicted molar refractivity (Wildman–Crippen MR) is 62.8 cm³/mol. The molecule has 0 amide bonds. The van der Waals surface area contributed by atoms with Crippen molar-refractivity contribution in [3.8, 4) is 0 Å². The number of carbonyl (C=O) groups is 2. The third-order valence-corrected chi connectivity index (χ3v) is 4.68. The Labute approximate surface area is 119 Å². The average Bonchev–Trinajstić information content (AvgIpc) is 2.92. The van der Waals surface area contributed by atoms with Gasteiger partial charge in [0.2, 0.25) is 0 Å². The Morgan fingerprint density at radius 2 is 2.10 bits per heavy atom. The molecule has 10 heteroatoms. The zero-order valence-electron chi connectivity index (χ0n) is 11.0. The largest absolute Gasteiger partial charge is 0.465 e. The first-order valence-corrected chi connectivity index (χ1v) is 7.76. The maximum absolute atomic E-state index is 13.1. The normalized spacial score (nSPS) is 30.7. The van der Waals surface area contributed by atoms with Gasteiger partial charge in [0.05, 0.1) is 5.92 Å². The van der Waals surface area contributed by atoms with Gasteiger partial charge in [-0.05, 0) is 19.8 Å². The molecule has 1 aliphatic carbocycles. The molecule has 0 radical (unpaired) electrons. The highest BCUT2D eigenvalue weighted by Crippen LogP contribution is 2.43. The minimum Gasteiger partial charge on any atom is -0.458 e. The molecule has 2 aliphatic rings. The van der Waals surface area contributed by atoms with Crippen molar-refractivity contribution in [2.24, 2.45) is 11.8 Å². The van der Waals surface area contributed by atoms with Gasteiger partial charge in [-0.3, -0.25) is 9.35 Å². The van der Waals surface area contributed by atoms with Gasteiger partial charge >= 0.3 is 27.3 Å². The number of halogens is 2. The first kappa shape index (κ1) is 16.1. The topological polar surface area (TPSA) is 107 Å². The summed E-state index contributed by atoms with van der Waals surface area (Å²) in [6, 6.07) is 0. The fraction of sp³-hybridized carbons (Fsp3) is 0.818. The van der Waals surface area contributed by atoms with E-state index in [1.54, 1.807) is 0 Å². The van der Waals surface area contributed by atoms with Crippen LogP contribution in [0.25, 0.3) is 0 Å². The second-order valence-electron chi connectivity index (χ2n) is 5.21. The van der Waals surface area contributed by atoms with Gasteiger partial charge in [0, 0.05) is 5.92 Å². The number of hydrogen-bond donors (Lipinski definition) is 1. The summed E-state index contributed by atoms with van der Waals surface area (Å²) in [6.45, 7) is 1.23. The van der Waals surface area contributed by atoms with Crippen LogP contribution in [0.15, 0.2) is 0 Å². The smallest absolute Gasteiger partial charge is 0.458 e. The van der Waals surface area contributed by atoms with Crippen molar-refractivity contribution < 1.29 is 40.8 Å². The average molecular weight is 328 g/mol. The van der Waals surface area contributed by atoms with E-state index in [4.69, 9.17) is 9.29 Å². The van der Waals surface area contributed by atoms with Crippen molar-refractivity contribution in [3.05, 3.63) is 0 Å². The minimum atomic E-state index is -5.91. The van der Waals surface area contributed by atoms with Crippen LogP contribution in [0.1, 0.15) is 26.2 Å². The van der Waals surface area contributed by atoms with E-state index in [1.165, 1.54) is 6.92 Å². The lowest BCUT2D eigenvalue weighted by molar-refractivity contribution is -0.175. The van der Waals surface area contributed by atoms with Crippen LogP contribution in [0.4, 0.5) is 8.78 Å². The third-order valence-electron chi connectivity index (χ3n) is 3.86. The SMILES string of the molecule is CC(OC(=O)C(F)(F)S(=O)(=O)O)C1OC(=O)C2CCCC21. The molecule has 1 saturated heterocycles. The lowest BCUT2D eigenvalue weighted by atomic mass is 9.91. The van der Waals surface area contributed by atoms with Crippen LogP contribution in [-0.2, 0) is 29.2 Å². The molecule has 2 fully saturated rings. The highest BCUT2D eigenvalue weighted by atomic mass is 32.2. The number of cyclic esters (lactones) is 1. The summed E-state index contributed by atoms with van der Waals surface area (Å²) < 4.78 is 64.8. The molecule has 21 heavy (non-hydrogen) atoms. The van der Waals surface area contributed by atoms with E-state index in [-0.39, 0.29) is 11.8 Å². The van der Waals surface area contributed by atoms with E-state index in [9.17, 15) is 26.8 Å². The van der Waals surface area contributed by atoms with Crippen molar-refractivity contribution in [3.63, 3.8) is 0 Å². The molecule has 4 atom stereocenters. The molecule has 0 bridgehead atoms. The van der Waals surface area contributed by atoms with Crippen LogP contribution >= 0.6 is 0 Å². The summed E-state index contributed by atoms with van der Waals surface area (Å²) in [7, 11) is -5.91. The predicted octanol–water partition coefficient (Wildman–Crippen LogP) is 0.740. The molecule has 0 aromatic carbocycles. The molecule has 7 nitrogen and oxygen atoms in total. The van der Waals surface area contributed by atoms with Gasteiger partial charge in [-0.15, -0.1) is 0 Å². The van der Waals surface area contributed by atoms with Gasteiger partial charge in [0.15, 0.2) is 0 Å². The Balaban J connectivity index is 2.07. The Hall–Kier alpha value is -1.29. The molecule has 0 spiro atoms. The highest BCUT2D eigenvalue weighted by Gasteiger charge is 2.56. The summed E-state index contributed by atoms with van der Waals surface area (Å²) in [5.41, 5.74) is 0. The molecule has 2 rings (SSSR count). The molecule has 1 N–H and O–H groups in total. The van der Waals surface area contributed by atoms with Gasteiger partial charge < -0.3 is 9.47 Å². The van der Waals surface area contributed by atoms with Crippen LogP contribution in [0.2, 0.25) is 0 Å². The number of rotatable bonds is 4. The van der Waals surface area contributed by atoms with E-state index >= 15 is 0 Å². The van der Waals surface area contributed by atoms with Crippen molar-refractivity contribution >= 4 is 22.1 Å². The number of esters is 2. The molecular formula is C11H14F2O7S. The van der Waals surface area contributed by atoms with Crippen molar-refractivity contribution in [1.29, 1.82) is 0 Å². The number of fused-ring (bicyclic) bond motifs is 1. The van der Waals surface area contributed by atoms with Crippen LogP contribution < -0.4 is 0 Å². The molecule has 120 valence electrons. The van der Waals surface area contributed by atoms with E-state index in [0.717, 1.165) is 6.42 Å². The van der Waals surface area contributed by atoms with Gasteiger partial charge in [-0.25, -0.2) is 4.79 Å². The Morgan fingerprint density at radius 3 is 2.67 bits per heavy atom. The van der Waals surface area contributed by atoms with E-state index < -0.39 is 39.5 Å². The van der Waals surface area contributed by atoms with Gasteiger partial charge in [-0.1, -0.05) is 6.42 Å². The summed E-state index contributed by atoms with van der Waals surface area (Å²) in [5.74, 6) is -3.43. The summed E-state index contributed by atoms with van der Waals surface area (Å²) >= 11 is 0. The van der Waals surface area contributed by atoms with E-state index in [1.807, 2.05) is 0 Å². The lowest BCUT2D eigenvalue weighted by Gasteiger charge is -2.24. The molecule has 1 aliphatic heterocycles. The van der Waals surface area contributed by atoms with Crippen LogP contribution in [0, 0.1) is 11.8 Å². The fourth-order valence-corrected chi connectivity index (χ4v) is 3.10. The van der Waals surface area contributed by atoms with Crippen LogP contribution in [0.5, 0.6) is 0 Å². The zero-order valence-corrected chi connectivity index (χ0v) is 11.8. The number of ether oxygens (including phenoxy) is 2.